The van der Waals surface area contributed by atoms with Gasteiger partial charge in [0.2, 0.25) is 0 Å². The van der Waals surface area contributed by atoms with Crippen molar-refractivity contribution in [3.63, 3.8) is 0 Å². The molecule has 6 heteroatoms. The van der Waals surface area contributed by atoms with Crippen LogP contribution in [0.1, 0.15) is 0 Å². The van der Waals surface area contributed by atoms with Gasteiger partial charge in [0.05, 0.1) is 33.0 Å². The van der Waals surface area contributed by atoms with E-state index in [1.807, 2.05) is 36.4 Å². The molecule has 0 fully saturated rings. The molecule has 0 aliphatic rings. The molecule has 1 N–H and O–H groups in total. The van der Waals surface area contributed by atoms with Gasteiger partial charge < -0.3 is 24.1 Å². The molecule has 2 rings (SSSR count). The average Bonchev–Trinajstić information content (AvgIpc) is 2.61. The van der Waals surface area contributed by atoms with Crippen molar-refractivity contribution in [1.29, 1.82) is 0 Å². The van der Waals surface area contributed by atoms with Crippen molar-refractivity contribution < 1.29 is 24.1 Å². The van der Waals surface area contributed by atoms with Crippen molar-refractivity contribution in [2.75, 3.05) is 51.6 Å². The van der Waals surface area contributed by atoms with Crippen LogP contribution >= 0.6 is 15.9 Å². The van der Waals surface area contributed by atoms with Gasteiger partial charge in [0.15, 0.2) is 0 Å². The molecule has 24 heavy (non-hydrogen) atoms. The van der Waals surface area contributed by atoms with Crippen molar-refractivity contribution in [3.05, 3.63) is 36.4 Å². The zero-order valence-corrected chi connectivity index (χ0v) is 15.2. The van der Waals surface area contributed by atoms with Crippen molar-refractivity contribution in [3.8, 4) is 11.5 Å². The van der Waals surface area contributed by atoms with Gasteiger partial charge >= 0.3 is 0 Å². The highest BCUT2D eigenvalue weighted by atomic mass is 79.9. The van der Waals surface area contributed by atoms with Gasteiger partial charge in [-0.3, -0.25) is 0 Å². The summed E-state index contributed by atoms with van der Waals surface area (Å²) in [6.45, 7) is 2.97. The molecule has 0 heterocycles. The van der Waals surface area contributed by atoms with Crippen LogP contribution in [-0.4, -0.2) is 56.7 Å². The van der Waals surface area contributed by atoms with E-state index in [4.69, 9.17) is 24.1 Å². The third-order valence-corrected chi connectivity index (χ3v) is 3.59. The molecule has 5 nitrogen and oxygen atoms in total. The Morgan fingerprint density at radius 2 is 1.25 bits per heavy atom. The maximum absolute atomic E-state index is 8.68. The standard InChI is InChI=1S/C18H23BrO5/c19-7-9-21-11-13-23-17-5-1-4-16-15(17)3-2-6-18(16)24-14-12-22-10-8-20/h1-6,20H,7-14H2. The van der Waals surface area contributed by atoms with E-state index in [1.54, 1.807) is 0 Å². The second-order valence-corrected chi connectivity index (χ2v) is 5.73. The van der Waals surface area contributed by atoms with Gasteiger partial charge in [0.1, 0.15) is 24.7 Å². The molecule has 0 aliphatic heterocycles. The summed E-state index contributed by atoms with van der Waals surface area (Å²) in [5.74, 6) is 1.61. The number of fused-ring (bicyclic) bond motifs is 1. The van der Waals surface area contributed by atoms with E-state index in [0.717, 1.165) is 27.6 Å². The lowest BCUT2D eigenvalue weighted by Crippen LogP contribution is -2.09. The Labute approximate surface area is 150 Å². The molecule has 2 aromatic carbocycles. The first-order chi connectivity index (χ1) is 11.9. The van der Waals surface area contributed by atoms with Crippen molar-refractivity contribution in [2.24, 2.45) is 0 Å². The lowest BCUT2D eigenvalue weighted by Gasteiger charge is -2.13. The normalized spacial score (nSPS) is 10.9. The van der Waals surface area contributed by atoms with Crippen LogP contribution in [-0.2, 0) is 9.47 Å². The molecule has 0 aromatic heterocycles. The van der Waals surface area contributed by atoms with Gasteiger partial charge in [0.25, 0.3) is 0 Å². The Morgan fingerprint density at radius 1 is 0.708 bits per heavy atom. The number of hydrogen-bond acceptors (Lipinski definition) is 5. The lowest BCUT2D eigenvalue weighted by atomic mass is 10.1. The molecule has 0 unspecified atom stereocenters. The number of aliphatic hydroxyl groups is 1. The summed E-state index contributed by atoms with van der Waals surface area (Å²) in [4.78, 5) is 0. The van der Waals surface area contributed by atoms with Crippen LogP contribution in [0.25, 0.3) is 10.8 Å². The summed E-state index contributed by atoms with van der Waals surface area (Å²) in [5.41, 5.74) is 0. The number of benzene rings is 2. The van der Waals surface area contributed by atoms with Crippen LogP contribution in [0.15, 0.2) is 36.4 Å². The topological polar surface area (TPSA) is 57.2 Å². The third kappa shape index (κ3) is 5.94. The van der Waals surface area contributed by atoms with Crippen molar-refractivity contribution in [1.82, 2.24) is 0 Å². The fourth-order valence-corrected chi connectivity index (χ4v) is 2.48. The van der Waals surface area contributed by atoms with Crippen LogP contribution < -0.4 is 9.47 Å². The summed E-state index contributed by atoms with van der Waals surface area (Å²) in [5, 5.41) is 11.5. The Hall–Kier alpha value is -1.34. The highest BCUT2D eigenvalue weighted by molar-refractivity contribution is 9.09. The van der Waals surface area contributed by atoms with E-state index in [9.17, 15) is 0 Å². The van der Waals surface area contributed by atoms with Crippen LogP contribution in [0, 0.1) is 0 Å². The largest absolute Gasteiger partial charge is 0.491 e. The predicted molar refractivity (Wildman–Crippen MR) is 97.5 cm³/mol. The van der Waals surface area contributed by atoms with Gasteiger partial charge in [0, 0.05) is 16.1 Å². The highest BCUT2D eigenvalue weighted by Gasteiger charge is 2.07. The van der Waals surface area contributed by atoms with Crippen LogP contribution in [0.3, 0.4) is 0 Å². The van der Waals surface area contributed by atoms with Gasteiger partial charge in [-0.05, 0) is 12.1 Å². The molecule has 0 radical (unpaired) electrons. The molecule has 132 valence electrons. The van der Waals surface area contributed by atoms with E-state index >= 15 is 0 Å². The fourth-order valence-electron chi connectivity index (χ4n) is 2.25. The Morgan fingerprint density at radius 3 is 1.75 bits per heavy atom. The number of alkyl halides is 1. The summed E-state index contributed by atoms with van der Waals surface area (Å²) in [6.07, 6.45) is 0. The maximum atomic E-state index is 8.68. The zero-order valence-electron chi connectivity index (χ0n) is 13.6. The van der Waals surface area contributed by atoms with Gasteiger partial charge in [-0.1, -0.05) is 40.2 Å². The van der Waals surface area contributed by atoms with Crippen LogP contribution in [0.5, 0.6) is 11.5 Å². The molecular formula is C18H23BrO5. The third-order valence-electron chi connectivity index (χ3n) is 3.27. The van der Waals surface area contributed by atoms with Gasteiger partial charge in [-0.15, -0.1) is 0 Å². The molecule has 0 aliphatic carbocycles. The lowest BCUT2D eigenvalue weighted by molar-refractivity contribution is 0.0708. The molecule has 0 atom stereocenters. The molecule has 2 aromatic rings. The van der Waals surface area contributed by atoms with E-state index < -0.39 is 0 Å². The van der Waals surface area contributed by atoms with E-state index in [1.165, 1.54) is 0 Å². The number of hydrogen-bond donors (Lipinski definition) is 1. The van der Waals surface area contributed by atoms with Gasteiger partial charge in [-0.25, -0.2) is 0 Å². The fraction of sp³-hybridized carbons (Fsp3) is 0.444. The Bertz CT molecular complexity index is 552. The SMILES string of the molecule is OCCOCCOc1cccc2c(OCCOCCBr)cccc12. The maximum Gasteiger partial charge on any atom is 0.127 e. The first-order valence-electron chi connectivity index (χ1n) is 7.96. The highest BCUT2D eigenvalue weighted by Crippen LogP contribution is 2.32. The quantitative estimate of drug-likeness (QED) is 0.439. The monoisotopic (exact) mass is 398 g/mol. The first-order valence-corrected chi connectivity index (χ1v) is 9.08. The summed E-state index contributed by atoms with van der Waals surface area (Å²) >= 11 is 3.32. The Kier molecular flexibility index (Phi) is 8.91. The molecule has 0 amide bonds. The van der Waals surface area contributed by atoms with Crippen molar-refractivity contribution in [2.45, 2.75) is 0 Å². The molecule has 0 spiro atoms. The van der Waals surface area contributed by atoms with Gasteiger partial charge in [-0.2, -0.15) is 0 Å². The van der Waals surface area contributed by atoms with E-state index in [0.29, 0.717) is 39.6 Å². The number of rotatable bonds is 12. The van der Waals surface area contributed by atoms with Crippen LogP contribution in [0.4, 0.5) is 0 Å². The average molecular weight is 399 g/mol. The van der Waals surface area contributed by atoms with Crippen LogP contribution in [0.2, 0.25) is 0 Å². The predicted octanol–water partition coefficient (Wildman–Crippen LogP) is 3.02. The second-order valence-electron chi connectivity index (χ2n) is 4.94. The summed E-state index contributed by atoms with van der Waals surface area (Å²) in [6, 6.07) is 11.8. The number of aliphatic hydroxyl groups excluding tert-OH is 1. The number of halogens is 1. The van der Waals surface area contributed by atoms with Crippen molar-refractivity contribution >= 4 is 26.7 Å². The molecule has 0 bridgehead atoms. The minimum atomic E-state index is 0.0221. The van der Waals surface area contributed by atoms with E-state index in [-0.39, 0.29) is 6.61 Å². The molecule has 0 saturated heterocycles. The Balaban J connectivity index is 1.97. The number of ether oxygens (including phenoxy) is 4. The minimum absolute atomic E-state index is 0.0221. The summed E-state index contributed by atoms with van der Waals surface area (Å²) < 4.78 is 22.2. The first kappa shape index (κ1) is 19.0. The summed E-state index contributed by atoms with van der Waals surface area (Å²) in [7, 11) is 0. The second kappa shape index (κ2) is 11.3. The minimum Gasteiger partial charge on any atom is -0.491 e. The molecule has 0 saturated carbocycles. The van der Waals surface area contributed by atoms with E-state index in [2.05, 4.69) is 15.9 Å². The zero-order chi connectivity index (χ0) is 17.0. The smallest absolute Gasteiger partial charge is 0.127 e. The molecular weight excluding hydrogens is 376 g/mol.